The van der Waals surface area contributed by atoms with Gasteiger partial charge >= 0.3 is 5.97 Å². The van der Waals surface area contributed by atoms with Crippen molar-refractivity contribution in [2.45, 2.75) is 18.2 Å². The van der Waals surface area contributed by atoms with Crippen LogP contribution in [0.5, 0.6) is 0 Å². The third-order valence-corrected chi connectivity index (χ3v) is 6.53. The van der Waals surface area contributed by atoms with Crippen LogP contribution in [0.25, 0.3) is 23.1 Å². The van der Waals surface area contributed by atoms with E-state index in [-0.39, 0.29) is 22.8 Å². The SMILES string of the molecule is O=C(NC(Cc1ccc2nc(C=Cc3ccccc3)ccc2c1)C(=O)O)c1ccc(CS(=O)O)cc1Cl. The van der Waals surface area contributed by atoms with Crippen molar-refractivity contribution in [1.82, 2.24) is 10.3 Å². The lowest BCUT2D eigenvalue weighted by Crippen LogP contribution is -2.42. The Labute approximate surface area is 221 Å². The van der Waals surface area contributed by atoms with Crippen LogP contribution in [0.4, 0.5) is 0 Å². The van der Waals surface area contributed by atoms with E-state index in [1.54, 1.807) is 6.07 Å². The number of aromatic nitrogens is 1. The minimum absolute atomic E-state index is 0.0614. The van der Waals surface area contributed by atoms with Gasteiger partial charge in [0.15, 0.2) is 11.1 Å². The minimum Gasteiger partial charge on any atom is -0.480 e. The van der Waals surface area contributed by atoms with Gasteiger partial charge in [-0.05, 0) is 53.1 Å². The van der Waals surface area contributed by atoms with Crippen LogP contribution in [0, 0.1) is 0 Å². The van der Waals surface area contributed by atoms with Crippen LogP contribution in [-0.4, -0.2) is 36.8 Å². The maximum absolute atomic E-state index is 12.7. The summed E-state index contributed by atoms with van der Waals surface area (Å²) >= 11 is 4.12. The van der Waals surface area contributed by atoms with Gasteiger partial charge in [0.1, 0.15) is 6.04 Å². The molecule has 1 amide bonds. The average molecular weight is 535 g/mol. The maximum Gasteiger partial charge on any atom is 0.326 e. The molecule has 0 aliphatic heterocycles. The number of carbonyl (C=O) groups excluding carboxylic acids is 1. The number of halogens is 1. The Morgan fingerprint density at radius 1 is 0.973 bits per heavy atom. The molecule has 0 saturated carbocycles. The van der Waals surface area contributed by atoms with E-state index < -0.39 is 29.0 Å². The quantitative estimate of drug-likeness (QED) is 0.254. The van der Waals surface area contributed by atoms with Crippen LogP contribution in [0.2, 0.25) is 5.02 Å². The summed E-state index contributed by atoms with van der Waals surface area (Å²) < 4.78 is 20.0. The van der Waals surface area contributed by atoms with Crippen LogP contribution in [0.15, 0.2) is 78.9 Å². The van der Waals surface area contributed by atoms with Gasteiger partial charge < -0.3 is 15.0 Å². The molecular weight excluding hydrogens is 512 g/mol. The molecule has 3 N–H and O–H groups in total. The third-order valence-electron chi connectivity index (χ3n) is 5.63. The van der Waals surface area contributed by atoms with Gasteiger partial charge in [0.2, 0.25) is 0 Å². The van der Waals surface area contributed by atoms with E-state index >= 15 is 0 Å². The van der Waals surface area contributed by atoms with Gasteiger partial charge in [0.05, 0.1) is 27.5 Å². The fourth-order valence-electron chi connectivity index (χ4n) is 3.80. The van der Waals surface area contributed by atoms with Gasteiger partial charge in [-0.1, -0.05) is 66.2 Å². The van der Waals surface area contributed by atoms with E-state index in [2.05, 4.69) is 10.3 Å². The van der Waals surface area contributed by atoms with Crippen molar-refractivity contribution in [3.05, 3.63) is 112 Å². The van der Waals surface area contributed by atoms with E-state index in [9.17, 15) is 18.9 Å². The number of hydrogen-bond acceptors (Lipinski definition) is 4. The molecule has 0 bridgehead atoms. The number of pyridine rings is 1. The number of carboxylic acid groups (broad SMARTS) is 1. The number of rotatable bonds is 9. The average Bonchev–Trinajstić information content (AvgIpc) is 2.87. The molecule has 0 spiro atoms. The molecule has 3 aromatic carbocycles. The monoisotopic (exact) mass is 534 g/mol. The highest BCUT2D eigenvalue weighted by Gasteiger charge is 2.23. The molecule has 9 heteroatoms. The molecule has 0 aliphatic carbocycles. The summed E-state index contributed by atoms with van der Waals surface area (Å²) in [7, 11) is 0. The number of nitrogens with one attached hydrogen (secondary N) is 1. The lowest BCUT2D eigenvalue weighted by molar-refractivity contribution is -0.139. The predicted molar refractivity (Wildman–Crippen MR) is 146 cm³/mol. The van der Waals surface area contributed by atoms with Crippen molar-refractivity contribution in [3.63, 3.8) is 0 Å². The standard InChI is InChI=1S/C28H23ClN2O5S/c29-24-15-20(17-37(35)36)7-12-23(24)27(32)31-26(28(33)34)16-19-8-13-25-21(14-19)9-11-22(30-25)10-6-18-4-2-1-3-5-18/h1-15,26H,16-17H2,(H,31,32)(H,33,34)(H,35,36). The van der Waals surface area contributed by atoms with Crippen LogP contribution in [-0.2, 0) is 28.0 Å². The molecule has 4 rings (SSSR count). The first-order valence-corrected chi connectivity index (χ1v) is 13.0. The van der Waals surface area contributed by atoms with Gasteiger partial charge in [-0.15, -0.1) is 0 Å². The molecule has 4 aromatic rings. The number of fused-ring (bicyclic) bond motifs is 1. The largest absolute Gasteiger partial charge is 0.480 e. The molecule has 0 saturated heterocycles. The van der Waals surface area contributed by atoms with Crippen molar-refractivity contribution in [2.75, 3.05) is 0 Å². The Balaban J connectivity index is 1.47. The Bertz CT molecular complexity index is 1510. The molecule has 0 radical (unpaired) electrons. The number of benzene rings is 3. The van der Waals surface area contributed by atoms with E-state index in [1.807, 2.05) is 66.7 Å². The van der Waals surface area contributed by atoms with Gasteiger partial charge in [0, 0.05) is 11.8 Å². The summed E-state index contributed by atoms with van der Waals surface area (Å²) in [4.78, 5) is 29.3. The van der Waals surface area contributed by atoms with Gasteiger partial charge in [0.25, 0.3) is 5.91 Å². The smallest absolute Gasteiger partial charge is 0.326 e. The van der Waals surface area contributed by atoms with E-state index in [1.165, 1.54) is 18.2 Å². The zero-order valence-electron chi connectivity index (χ0n) is 19.5. The highest BCUT2D eigenvalue weighted by atomic mass is 35.5. The van der Waals surface area contributed by atoms with Crippen LogP contribution < -0.4 is 5.32 Å². The van der Waals surface area contributed by atoms with Crippen molar-refractivity contribution in [2.24, 2.45) is 0 Å². The lowest BCUT2D eigenvalue weighted by atomic mass is 10.0. The highest BCUT2D eigenvalue weighted by Crippen LogP contribution is 2.20. The van der Waals surface area contributed by atoms with E-state index in [0.29, 0.717) is 5.56 Å². The Hall–Kier alpha value is -3.85. The number of carbonyl (C=O) groups is 2. The molecule has 0 fully saturated rings. The first-order chi connectivity index (χ1) is 17.8. The zero-order chi connectivity index (χ0) is 26.4. The fraction of sp³-hybridized carbons (Fsp3) is 0.107. The minimum atomic E-state index is -2.05. The topological polar surface area (TPSA) is 117 Å². The summed E-state index contributed by atoms with van der Waals surface area (Å²) in [6, 6.07) is 22.3. The Morgan fingerprint density at radius 2 is 1.73 bits per heavy atom. The van der Waals surface area contributed by atoms with Crippen LogP contribution >= 0.6 is 11.6 Å². The molecule has 1 aromatic heterocycles. The lowest BCUT2D eigenvalue weighted by Gasteiger charge is -2.16. The summed E-state index contributed by atoms with van der Waals surface area (Å²) in [6.45, 7) is 0. The van der Waals surface area contributed by atoms with E-state index in [4.69, 9.17) is 16.2 Å². The second-order valence-electron chi connectivity index (χ2n) is 8.36. The molecule has 7 nitrogen and oxygen atoms in total. The summed E-state index contributed by atoms with van der Waals surface area (Å²) in [6.07, 6.45) is 3.97. The number of carboxylic acids is 1. The second kappa shape index (κ2) is 11.9. The van der Waals surface area contributed by atoms with Crippen LogP contribution in [0.1, 0.15) is 32.7 Å². The number of nitrogens with zero attached hydrogens (tertiary/aromatic N) is 1. The molecule has 188 valence electrons. The van der Waals surface area contributed by atoms with Crippen molar-refractivity contribution >= 4 is 57.6 Å². The van der Waals surface area contributed by atoms with E-state index in [0.717, 1.165) is 27.7 Å². The van der Waals surface area contributed by atoms with Crippen molar-refractivity contribution in [1.29, 1.82) is 0 Å². The first-order valence-electron chi connectivity index (χ1n) is 11.3. The molecule has 37 heavy (non-hydrogen) atoms. The maximum atomic E-state index is 12.7. The number of aliphatic carboxylic acids is 1. The Kier molecular flexibility index (Phi) is 8.45. The molecule has 0 aliphatic rings. The van der Waals surface area contributed by atoms with Gasteiger partial charge in [-0.3, -0.25) is 4.79 Å². The predicted octanol–water partition coefficient (Wildman–Crippen LogP) is 5.21. The normalized spacial score (nSPS) is 12.9. The first kappa shape index (κ1) is 26.2. The van der Waals surface area contributed by atoms with Crippen LogP contribution in [0.3, 0.4) is 0 Å². The third kappa shape index (κ3) is 7.10. The van der Waals surface area contributed by atoms with Crippen molar-refractivity contribution < 1.29 is 23.5 Å². The summed E-state index contributed by atoms with van der Waals surface area (Å²) in [5.74, 6) is -1.95. The zero-order valence-corrected chi connectivity index (χ0v) is 21.1. The number of hydrogen-bond donors (Lipinski definition) is 3. The molecule has 2 unspecified atom stereocenters. The highest BCUT2D eigenvalue weighted by molar-refractivity contribution is 7.78. The summed E-state index contributed by atoms with van der Waals surface area (Å²) in [5, 5.41) is 13.2. The summed E-state index contributed by atoms with van der Waals surface area (Å²) in [5.41, 5.74) is 3.93. The molecular formula is C28H23ClN2O5S. The van der Waals surface area contributed by atoms with Crippen molar-refractivity contribution in [3.8, 4) is 0 Å². The second-order valence-corrected chi connectivity index (χ2v) is 9.69. The fourth-order valence-corrected chi connectivity index (χ4v) is 4.56. The number of amides is 1. The molecule has 2 atom stereocenters. The van der Waals surface area contributed by atoms with Gasteiger partial charge in [-0.25, -0.2) is 14.0 Å². The molecule has 1 heterocycles. The Morgan fingerprint density at radius 3 is 2.43 bits per heavy atom. The van der Waals surface area contributed by atoms with Gasteiger partial charge in [-0.2, -0.15) is 0 Å².